The highest BCUT2D eigenvalue weighted by Gasteiger charge is 2.08. The largest absolute Gasteiger partial charge is 1.00 e. The number of methoxy groups -OCH3 is 1. The summed E-state index contributed by atoms with van der Waals surface area (Å²) >= 11 is 0. The number of nitrogens with zero attached hydrogens (tertiary/aromatic N) is 1. The van der Waals surface area contributed by atoms with Crippen LogP contribution < -0.4 is 17.0 Å². The maximum absolute atomic E-state index is 5.83. The van der Waals surface area contributed by atoms with Gasteiger partial charge in [0.2, 0.25) is 0 Å². The molecule has 0 spiro atoms. The zero-order chi connectivity index (χ0) is 24.5. The fourth-order valence-corrected chi connectivity index (χ4v) is 4.16. The smallest absolute Gasteiger partial charge is 0.104 e. The summed E-state index contributed by atoms with van der Waals surface area (Å²) in [7, 11) is 8.54. The van der Waals surface area contributed by atoms with Gasteiger partial charge in [0, 0.05) is 20.3 Å². The Morgan fingerprint density at radius 3 is 1.24 bits per heavy atom. The van der Waals surface area contributed by atoms with Crippen LogP contribution in [0, 0.1) is 0 Å². The number of halogens is 1. The summed E-state index contributed by atoms with van der Waals surface area (Å²) in [4.78, 5) is 0. The van der Waals surface area contributed by atoms with Crippen molar-refractivity contribution in [3.63, 3.8) is 0 Å². The molecule has 0 aliphatic rings. The number of ether oxygens (including phenoxy) is 3. The molecule has 34 heavy (non-hydrogen) atoms. The normalized spacial score (nSPS) is 12.6. The van der Waals surface area contributed by atoms with Gasteiger partial charge in [-0.2, -0.15) is 0 Å². The lowest BCUT2D eigenvalue weighted by Crippen LogP contribution is -3.00. The van der Waals surface area contributed by atoms with Gasteiger partial charge in [0.15, 0.2) is 0 Å². The third-order valence-corrected chi connectivity index (χ3v) is 6.45. The van der Waals surface area contributed by atoms with Gasteiger partial charge in [-0.1, -0.05) is 96.8 Å². The van der Waals surface area contributed by atoms with E-state index in [-0.39, 0.29) is 23.1 Å². The molecule has 0 aliphatic heterocycles. The second kappa shape index (κ2) is 27.9. The average Bonchev–Trinajstić information content (AvgIpc) is 2.78. The van der Waals surface area contributed by atoms with Crippen LogP contribution in [0.2, 0.25) is 0 Å². The van der Waals surface area contributed by atoms with E-state index in [0.717, 1.165) is 24.1 Å². The first-order valence-corrected chi connectivity index (χ1v) is 14.5. The Hall–Kier alpha value is 0.320. The van der Waals surface area contributed by atoms with E-state index in [9.17, 15) is 0 Å². The predicted octanol–water partition coefficient (Wildman–Crippen LogP) is 4.79. The van der Waals surface area contributed by atoms with Crippen molar-refractivity contribution in [1.29, 1.82) is 0 Å². The molecule has 0 saturated heterocycles. The van der Waals surface area contributed by atoms with E-state index in [1.807, 2.05) is 0 Å². The van der Waals surface area contributed by atoms with Gasteiger partial charge in [-0.05, 0) is 25.7 Å². The molecule has 0 fully saturated rings. The fourth-order valence-electron chi connectivity index (χ4n) is 4.16. The van der Waals surface area contributed by atoms with E-state index in [1.54, 1.807) is 7.11 Å². The molecule has 0 saturated carbocycles. The van der Waals surface area contributed by atoms with Crippen LogP contribution >= 0.6 is 0 Å². The van der Waals surface area contributed by atoms with E-state index in [0.29, 0.717) is 13.2 Å². The van der Waals surface area contributed by atoms with E-state index in [4.69, 9.17) is 14.2 Å². The fraction of sp³-hybridized carbons (Fsp3) is 1.00. The van der Waals surface area contributed by atoms with Crippen LogP contribution in [-0.2, 0) is 14.2 Å². The highest BCUT2D eigenvalue weighted by molar-refractivity contribution is 4.55. The van der Waals surface area contributed by atoms with Crippen LogP contribution in [0.25, 0.3) is 0 Å². The molecule has 208 valence electrons. The first-order chi connectivity index (χ1) is 16.0. The number of hydrogen-bond donors (Lipinski definition) is 0. The number of hydrogen-bond acceptors (Lipinski definition) is 3. The van der Waals surface area contributed by atoms with Crippen LogP contribution in [-0.4, -0.2) is 71.8 Å². The van der Waals surface area contributed by atoms with Crippen molar-refractivity contribution in [1.82, 2.24) is 0 Å². The van der Waals surface area contributed by atoms with Crippen molar-refractivity contribution in [2.75, 3.05) is 61.2 Å². The summed E-state index contributed by atoms with van der Waals surface area (Å²) in [5.41, 5.74) is 0. The summed E-state index contributed by atoms with van der Waals surface area (Å²) in [5, 5.41) is 0. The molecule has 0 aromatic heterocycles. The highest BCUT2D eigenvalue weighted by atomic mass is 79.9. The highest BCUT2D eigenvalue weighted by Crippen LogP contribution is 2.13. The summed E-state index contributed by atoms with van der Waals surface area (Å²) in [5.74, 6) is 0. The monoisotopic (exact) mass is 551 g/mol. The van der Waals surface area contributed by atoms with Gasteiger partial charge < -0.3 is 35.7 Å². The summed E-state index contributed by atoms with van der Waals surface area (Å²) in [6.45, 7) is 6.53. The van der Waals surface area contributed by atoms with E-state index < -0.39 is 0 Å². The number of quaternary nitrogens is 1. The van der Waals surface area contributed by atoms with Crippen molar-refractivity contribution in [2.24, 2.45) is 0 Å². The minimum absolute atomic E-state index is 0. The lowest BCUT2D eigenvalue weighted by molar-refractivity contribution is -0.870. The zero-order valence-electron chi connectivity index (χ0n) is 23.9. The second-order valence-electron chi connectivity index (χ2n) is 11.0. The average molecular weight is 553 g/mol. The van der Waals surface area contributed by atoms with Gasteiger partial charge >= 0.3 is 0 Å². The summed E-state index contributed by atoms with van der Waals surface area (Å²) in [6, 6.07) is 0. The van der Waals surface area contributed by atoms with Crippen molar-refractivity contribution >= 4 is 0 Å². The molecule has 1 unspecified atom stereocenters. The Bertz CT molecular complexity index is 377. The minimum atomic E-state index is 0. The Kier molecular flexibility index (Phi) is 29.9. The van der Waals surface area contributed by atoms with Crippen LogP contribution in [0.1, 0.15) is 122 Å². The Balaban J connectivity index is 0. The zero-order valence-corrected chi connectivity index (χ0v) is 25.5. The lowest BCUT2D eigenvalue weighted by Gasteiger charge is -2.23. The predicted molar refractivity (Wildman–Crippen MR) is 144 cm³/mol. The van der Waals surface area contributed by atoms with Gasteiger partial charge in [0.05, 0.1) is 40.9 Å². The van der Waals surface area contributed by atoms with Gasteiger partial charge in [0.1, 0.15) is 6.10 Å². The second-order valence-corrected chi connectivity index (χ2v) is 11.0. The standard InChI is InChI=1S/C29H62NO3.BrH/c1-6-7-8-9-10-11-12-13-14-15-16-17-19-22-25-32-27-29(31-5)28-33-26-23-20-18-21-24-30(2,3)4;/h29H,6-28H2,1-5H3;1H/q+1;/p-1. The summed E-state index contributed by atoms with van der Waals surface area (Å²) < 4.78 is 18.2. The molecule has 0 amide bonds. The first-order valence-electron chi connectivity index (χ1n) is 14.5. The van der Waals surface area contributed by atoms with E-state index >= 15 is 0 Å². The van der Waals surface area contributed by atoms with Crippen LogP contribution in [0.5, 0.6) is 0 Å². The molecule has 0 bridgehead atoms. The molecule has 4 nitrogen and oxygen atoms in total. The first kappa shape index (κ1) is 36.5. The van der Waals surface area contributed by atoms with Gasteiger partial charge in [-0.15, -0.1) is 0 Å². The third-order valence-electron chi connectivity index (χ3n) is 6.45. The molecule has 1 atom stereocenters. The molecule has 5 heteroatoms. The third kappa shape index (κ3) is 30.4. The van der Waals surface area contributed by atoms with E-state index in [2.05, 4.69) is 28.1 Å². The maximum Gasteiger partial charge on any atom is 0.104 e. The molecule has 0 aliphatic carbocycles. The van der Waals surface area contributed by atoms with Gasteiger partial charge in [-0.25, -0.2) is 0 Å². The van der Waals surface area contributed by atoms with Crippen LogP contribution in [0.4, 0.5) is 0 Å². The van der Waals surface area contributed by atoms with Crippen molar-refractivity contribution in [2.45, 2.75) is 129 Å². The van der Waals surface area contributed by atoms with Crippen molar-refractivity contribution in [3.8, 4) is 0 Å². The van der Waals surface area contributed by atoms with Gasteiger partial charge in [-0.3, -0.25) is 0 Å². The molecule has 0 rings (SSSR count). The number of rotatable bonds is 27. The SMILES string of the molecule is CCCCCCCCCCCCCCCCOCC(COCCCCCC[N+](C)(C)C)OC.[Br-]. The molecule has 0 heterocycles. The molecular weight excluding hydrogens is 490 g/mol. The Morgan fingerprint density at radius 2 is 0.882 bits per heavy atom. The molecule has 0 aromatic rings. The van der Waals surface area contributed by atoms with Crippen molar-refractivity contribution < 1.29 is 35.7 Å². The quantitative estimate of drug-likeness (QED) is 0.108. The molecular formula is C29H62BrNO3. The lowest BCUT2D eigenvalue weighted by atomic mass is 10.0. The molecule has 0 aromatic carbocycles. The van der Waals surface area contributed by atoms with E-state index in [1.165, 1.54) is 116 Å². The Morgan fingerprint density at radius 1 is 0.529 bits per heavy atom. The molecule has 0 N–H and O–H groups in total. The van der Waals surface area contributed by atoms with Crippen LogP contribution in [0.15, 0.2) is 0 Å². The maximum atomic E-state index is 5.83. The topological polar surface area (TPSA) is 27.7 Å². The Labute approximate surface area is 225 Å². The van der Waals surface area contributed by atoms with Crippen molar-refractivity contribution in [3.05, 3.63) is 0 Å². The number of unbranched alkanes of at least 4 members (excludes halogenated alkanes) is 16. The van der Waals surface area contributed by atoms with Crippen LogP contribution in [0.3, 0.4) is 0 Å². The minimum Gasteiger partial charge on any atom is -1.00 e. The molecule has 0 radical (unpaired) electrons. The summed E-state index contributed by atoms with van der Waals surface area (Å²) in [6.07, 6.45) is 24.6. The van der Waals surface area contributed by atoms with Gasteiger partial charge in [0.25, 0.3) is 0 Å².